The highest BCUT2D eigenvalue weighted by Gasteiger charge is 2.14. The Morgan fingerprint density at radius 3 is 3.00 bits per heavy atom. The lowest BCUT2D eigenvalue weighted by Crippen LogP contribution is -2.37. The van der Waals surface area contributed by atoms with E-state index in [2.05, 4.69) is 10.4 Å². The molecule has 0 aliphatic heterocycles. The second-order valence-electron chi connectivity index (χ2n) is 3.18. The van der Waals surface area contributed by atoms with Crippen molar-refractivity contribution in [2.75, 3.05) is 6.54 Å². The number of hydrogen-bond donors (Lipinski definition) is 2. The average molecular weight is 226 g/mol. The van der Waals surface area contributed by atoms with Gasteiger partial charge in [-0.25, -0.2) is 0 Å². The summed E-state index contributed by atoms with van der Waals surface area (Å²) in [4.78, 5) is 11.6. The normalized spacial score (nSPS) is 12.1. The van der Waals surface area contributed by atoms with Crippen LogP contribution in [-0.2, 0) is 11.3 Å². The van der Waals surface area contributed by atoms with Crippen molar-refractivity contribution in [3.05, 3.63) is 18.5 Å². The van der Waals surface area contributed by atoms with Crippen molar-refractivity contribution in [1.29, 1.82) is 0 Å². The molecule has 0 spiro atoms. The summed E-state index contributed by atoms with van der Waals surface area (Å²) in [5.74, 6) is -0.563. The molecule has 0 fully saturated rings. The second kappa shape index (κ2) is 5.45. The largest absolute Gasteiger partial charge is 0.393 e. The summed E-state index contributed by atoms with van der Waals surface area (Å²) in [6, 6.07) is 1.83. The molecular formula is C9H14N4OS. The molecule has 15 heavy (non-hydrogen) atoms. The molecule has 6 heteroatoms. The van der Waals surface area contributed by atoms with Gasteiger partial charge in [0.1, 0.15) is 0 Å². The van der Waals surface area contributed by atoms with E-state index in [1.165, 1.54) is 0 Å². The van der Waals surface area contributed by atoms with Crippen LogP contribution in [0.1, 0.15) is 6.92 Å². The lowest BCUT2D eigenvalue weighted by atomic mass is 10.2. The molecule has 1 heterocycles. The van der Waals surface area contributed by atoms with E-state index in [1.54, 1.807) is 17.8 Å². The van der Waals surface area contributed by atoms with E-state index >= 15 is 0 Å². The number of nitrogens with one attached hydrogen (secondary N) is 1. The molecule has 1 atom stereocenters. The summed E-state index contributed by atoms with van der Waals surface area (Å²) in [5.41, 5.74) is 5.36. The first-order valence-electron chi connectivity index (χ1n) is 4.65. The van der Waals surface area contributed by atoms with Gasteiger partial charge in [0.05, 0.1) is 17.5 Å². The van der Waals surface area contributed by atoms with Crippen molar-refractivity contribution in [1.82, 2.24) is 15.1 Å². The van der Waals surface area contributed by atoms with Crippen LogP contribution in [0.2, 0.25) is 0 Å². The van der Waals surface area contributed by atoms with Crippen LogP contribution in [0, 0.1) is 5.92 Å². The fraction of sp³-hybridized carbons (Fsp3) is 0.444. The van der Waals surface area contributed by atoms with Crippen LogP contribution in [0.3, 0.4) is 0 Å². The van der Waals surface area contributed by atoms with E-state index in [4.69, 9.17) is 18.0 Å². The van der Waals surface area contributed by atoms with E-state index in [9.17, 15) is 4.79 Å². The average Bonchev–Trinajstić information content (AvgIpc) is 2.69. The van der Waals surface area contributed by atoms with Gasteiger partial charge in [0.25, 0.3) is 0 Å². The third-order valence-corrected chi connectivity index (χ3v) is 2.37. The van der Waals surface area contributed by atoms with Crippen LogP contribution in [0.25, 0.3) is 0 Å². The molecule has 0 bridgehead atoms. The summed E-state index contributed by atoms with van der Waals surface area (Å²) in [6.45, 7) is 2.85. The topological polar surface area (TPSA) is 72.9 Å². The number of hydrogen-bond acceptors (Lipinski definition) is 3. The third kappa shape index (κ3) is 3.67. The lowest BCUT2D eigenvalue weighted by molar-refractivity contribution is -0.122. The first-order chi connectivity index (χ1) is 7.11. The maximum Gasteiger partial charge on any atom is 0.229 e. The minimum absolute atomic E-state index is 0.144. The van der Waals surface area contributed by atoms with Crippen LogP contribution < -0.4 is 11.1 Å². The molecule has 0 aromatic carbocycles. The Labute approximate surface area is 93.6 Å². The molecule has 0 saturated heterocycles. The van der Waals surface area contributed by atoms with Crippen molar-refractivity contribution in [2.45, 2.75) is 13.5 Å². The minimum Gasteiger partial charge on any atom is -0.393 e. The zero-order valence-electron chi connectivity index (χ0n) is 8.51. The summed E-state index contributed by atoms with van der Waals surface area (Å²) >= 11 is 4.72. The molecular weight excluding hydrogens is 212 g/mol. The van der Waals surface area contributed by atoms with Crippen LogP contribution in [0.4, 0.5) is 0 Å². The maximum absolute atomic E-state index is 11.4. The second-order valence-corrected chi connectivity index (χ2v) is 3.66. The van der Waals surface area contributed by atoms with Gasteiger partial charge in [-0.1, -0.05) is 12.2 Å². The van der Waals surface area contributed by atoms with E-state index in [0.717, 1.165) is 0 Å². The summed E-state index contributed by atoms with van der Waals surface area (Å²) in [7, 11) is 0. The van der Waals surface area contributed by atoms with Gasteiger partial charge in [-0.15, -0.1) is 0 Å². The molecule has 1 aromatic heterocycles. The monoisotopic (exact) mass is 226 g/mol. The third-order valence-electron chi connectivity index (χ3n) is 2.02. The van der Waals surface area contributed by atoms with Gasteiger partial charge >= 0.3 is 0 Å². The van der Waals surface area contributed by atoms with E-state index < -0.39 is 5.92 Å². The molecule has 3 N–H and O–H groups in total. The Morgan fingerprint density at radius 2 is 2.47 bits per heavy atom. The summed E-state index contributed by atoms with van der Waals surface area (Å²) in [6.07, 6.45) is 3.53. The molecule has 1 amide bonds. The SMILES string of the molecule is CC(C(=O)NCCn1cccn1)C(N)=S. The Hall–Kier alpha value is -1.43. The number of aromatic nitrogens is 2. The van der Waals surface area contributed by atoms with E-state index in [1.807, 2.05) is 12.3 Å². The highest BCUT2D eigenvalue weighted by molar-refractivity contribution is 7.80. The van der Waals surface area contributed by atoms with Gasteiger partial charge in [0.2, 0.25) is 5.91 Å². The molecule has 82 valence electrons. The molecule has 1 rings (SSSR count). The van der Waals surface area contributed by atoms with Crippen molar-refractivity contribution in [2.24, 2.45) is 11.7 Å². The van der Waals surface area contributed by atoms with Gasteiger partial charge in [0, 0.05) is 18.9 Å². The smallest absolute Gasteiger partial charge is 0.229 e. The van der Waals surface area contributed by atoms with Crippen molar-refractivity contribution in [3.8, 4) is 0 Å². The first kappa shape index (κ1) is 11.6. The fourth-order valence-electron chi connectivity index (χ4n) is 1.01. The van der Waals surface area contributed by atoms with Crippen LogP contribution >= 0.6 is 12.2 Å². The Kier molecular flexibility index (Phi) is 4.23. The highest BCUT2D eigenvalue weighted by Crippen LogP contribution is 1.94. The van der Waals surface area contributed by atoms with Gasteiger partial charge in [-0.3, -0.25) is 9.48 Å². The van der Waals surface area contributed by atoms with Crippen molar-refractivity contribution < 1.29 is 4.79 Å². The molecule has 1 unspecified atom stereocenters. The molecule has 5 nitrogen and oxygen atoms in total. The van der Waals surface area contributed by atoms with Crippen molar-refractivity contribution in [3.63, 3.8) is 0 Å². The zero-order chi connectivity index (χ0) is 11.3. The van der Waals surface area contributed by atoms with Crippen LogP contribution in [0.5, 0.6) is 0 Å². The summed E-state index contributed by atoms with van der Waals surface area (Å²) < 4.78 is 1.74. The van der Waals surface area contributed by atoms with E-state index in [-0.39, 0.29) is 10.9 Å². The molecule has 0 aliphatic rings. The number of rotatable bonds is 5. The standard InChI is InChI=1S/C9H14N4OS/c1-7(8(10)15)9(14)11-4-6-13-5-2-3-12-13/h2-3,5,7H,4,6H2,1H3,(H2,10,15)(H,11,14). The van der Waals surface area contributed by atoms with Crippen molar-refractivity contribution >= 4 is 23.1 Å². The Morgan fingerprint density at radius 1 is 1.73 bits per heavy atom. The van der Waals surface area contributed by atoms with Crippen LogP contribution in [0.15, 0.2) is 18.5 Å². The lowest BCUT2D eigenvalue weighted by Gasteiger charge is -2.10. The van der Waals surface area contributed by atoms with E-state index in [0.29, 0.717) is 13.1 Å². The minimum atomic E-state index is -0.419. The van der Waals surface area contributed by atoms with Gasteiger partial charge < -0.3 is 11.1 Å². The highest BCUT2D eigenvalue weighted by atomic mass is 32.1. The van der Waals surface area contributed by atoms with Gasteiger partial charge in [0.15, 0.2) is 0 Å². The number of carbonyl (C=O) groups excluding carboxylic acids is 1. The fourth-order valence-corrected chi connectivity index (χ4v) is 1.12. The predicted octanol–water partition coefficient (Wildman–Crippen LogP) is -0.0785. The summed E-state index contributed by atoms with van der Waals surface area (Å²) in [5, 5.41) is 6.74. The number of thiocarbonyl (C=S) groups is 1. The molecule has 0 radical (unpaired) electrons. The zero-order valence-corrected chi connectivity index (χ0v) is 9.33. The van der Waals surface area contributed by atoms with Gasteiger partial charge in [-0.2, -0.15) is 5.10 Å². The number of nitrogens with zero attached hydrogens (tertiary/aromatic N) is 2. The Bertz CT molecular complexity index is 336. The number of amides is 1. The first-order valence-corrected chi connectivity index (χ1v) is 5.06. The molecule has 0 aliphatic carbocycles. The van der Waals surface area contributed by atoms with Gasteiger partial charge in [-0.05, 0) is 13.0 Å². The predicted molar refractivity (Wildman–Crippen MR) is 61.2 cm³/mol. The quantitative estimate of drug-likeness (QED) is 0.689. The number of nitrogens with two attached hydrogens (primary N) is 1. The Balaban J connectivity index is 2.26. The maximum atomic E-state index is 11.4. The number of carbonyl (C=O) groups is 1. The molecule has 0 saturated carbocycles. The van der Waals surface area contributed by atoms with Crippen LogP contribution in [-0.4, -0.2) is 27.2 Å². The molecule has 1 aromatic rings.